The fourth-order valence-corrected chi connectivity index (χ4v) is 2.25. The van der Waals surface area contributed by atoms with Crippen molar-refractivity contribution >= 4 is 11.9 Å². The van der Waals surface area contributed by atoms with Crippen molar-refractivity contribution in [3.05, 3.63) is 59.7 Å². The minimum Gasteiger partial charge on any atom is -0.504 e. The molecule has 126 valence electrons. The molecule has 1 amide bonds. The number of benzene rings is 2. The third kappa shape index (κ3) is 4.25. The summed E-state index contributed by atoms with van der Waals surface area (Å²) in [6.07, 6.45) is 0.210. The molecular weight excluding hydrogens is 310 g/mol. The smallest absolute Gasteiger partial charge is 0.328 e. The highest BCUT2D eigenvalue weighted by atomic mass is 16.5. The summed E-state index contributed by atoms with van der Waals surface area (Å²) in [6, 6.07) is 12.5. The number of nitrogens with one attached hydrogen (secondary N) is 1. The lowest BCUT2D eigenvalue weighted by atomic mass is 10.0. The minimum atomic E-state index is -0.850. The SMILES string of the molecule is COC(=O)[C@H](Cc1ccc(O)c(OC)c1)NC(=O)c1ccccc1. The molecule has 6 nitrogen and oxygen atoms in total. The van der Waals surface area contributed by atoms with Crippen molar-refractivity contribution in [3.8, 4) is 11.5 Å². The summed E-state index contributed by atoms with van der Waals surface area (Å²) < 4.78 is 9.82. The standard InChI is InChI=1S/C18H19NO5/c1-23-16-11-12(8-9-15(16)20)10-14(18(22)24-2)19-17(21)13-6-4-3-5-7-13/h3-9,11,14,20H,10H2,1-2H3,(H,19,21)/t14-/m0/s1. The number of methoxy groups -OCH3 is 2. The van der Waals surface area contributed by atoms with Crippen molar-refractivity contribution in [2.24, 2.45) is 0 Å². The van der Waals surface area contributed by atoms with E-state index in [4.69, 9.17) is 9.47 Å². The molecule has 2 N–H and O–H groups in total. The highest BCUT2D eigenvalue weighted by Crippen LogP contribution is 2.26. The van der Waals surface area contributed by atoms with Gasteiger partial charge in [-0.2, -0.15) is 0 Å². The molecule has 1 atom stereocenters. The summed E-state index contributed by atoms with van der Waals surface area (Å²) in [5, 5.41) is 12.3. The van der Waals surface area contributed by atoms with Crippen LogP contribution in [0.1, 0.15) is 15.9 Å². The lowest BCUT2D eigenvalue weighted by Gasteiger charge is -2.17. The van der Waals surface area contributed by atoms with Crippen LogP contribution in [0.4, 0.5) is 0 Å². The van der Waals surface area contributed by atoms with E-state index in [0.717, 1.165) is 0 Å². The van der Waals surface area contributed by atoms with Gasteiger partial charge in [0.05, 0.1) is 14.2 Å². The first kappa shape index (κ1) is 17.3. The van der Waals surface area contributed by atoms with Gasteiger partial charge in [-0.05, 0) is 29.8 Å². The maximum atomic E-state index is 12.3. The second-order valence-corrected chi connectivity index (χ2v) is 5.13. The van der Waals surface area contributed by atoms with Crippen LogP contribution in [0.5, 0.6) is 11.5 Å². The molecular formula is C18H19NO5. The van der Waals surface area contributed by atoms with Crippen molar-refractivity contribution in [3.63, 3.8) is 0 Å². The van der Waals surface area contributed by atoms with Crippen LogP contribution in [0.15, 0.2) is 48.5 Å². The number of hydrogen-bond donors (Lipinski definition) is 2. The first-order chi connectivity index (χ1) is 11.5. The van der Waals surface area contributed by atoms with Crippen LogP contribution in [0.25, 0.3) is 0 Å². The van der Waals surface area contributed by atoms with Crippen molar-refractivity contribution in [2.75, 3.05) is 14.2 Å². The van der Waals surface area contributed by atoms with E-state index in [-0.39, 0.29) is 18.1 Å². The molecule has 0 spiro atoms. The Morgan fingerprint density at radius 3 is 2.46 bits per heavy atom. The Hall–Kier alpha value is -3.02. The molecule has 24 heavy (non-hydrogen) atoms. The van der Waals surface area contributed by atoms with E-state index in [9.17, 15) is 14.7 Å². The van der Waals surface area contributed by atoms with Crippen molar-refractivity contribution in [2.45, 2.75) is 12.5 Å². The predicted octanol–water partition coefficient (Wildman–Crippen LogP) is 1.91. The number of esters is 1. The van der Waals surface area contributed by atoms with Gasteiger partial charge < -0.3 is 19.9 Å². The molecule has 0 saturated heterocycles. The molecule has 0 aliphatic carbocycles. The molecule has 0 aliphatic heterocycles. The average Bonchev–Trinajstić information content (AvgIpc) is 2.62. The van der Waals surface area contributed by atoms with Gasteiger partial charge in [-0.25, -0.2) is 4.79 Å². The van der Waals surface area contributed by atoms with E-state index < -0.39 is 12.0 Å². The number of phenolic OH excluding ortho intramolecular Hbond substituents is 1. The molecule has 0 unspecified atom stereocenters. The maximum Gasteiger partial charge on any atom is 0.328 e. The fourth-order valence-electron chi connectivity index (χ4n) is 2.25. The normalized spacial score (nSPS) is 11.4. The summed E-state index contributed by atoms with van der Waals surface area (Å²) in [5.74, 6) is -0.613. The van der Waals surface area contributed by atoms with Gasteiger partial charge in [-0.1, -0.05) is 24.3 Å². The summed E-state index contributed by atoms with van der Waals surface area (Å²) in [6.45, 7) is 0. The van der Waals surface area contributed by atoms with Gasteiger partial charge in [-0.15, -0.1) is 0 Å². The quantitative estimate of drug-likeness (QED) is 0.791. The molecule has 0 radical (unpaired) electrons. The molecule has 2 rings (SSSR count). The number of amides is 1. The molecule has 6 heteroatoms. The largest absolute Gasteiger partial charge is 0.504 e. The lowest BCUT2D eigenvalue weighted by molar-refractivity contribution is -0.142. The lowest BCUT2D eigenvalue weighted by Crippen LogP contribution is -2.43. The van der Waals surface area contributed by atoms with E-state index in [2.05, 4.69) is 5.32 Å². The second kappa shape index (κ2) is 8.01. The fraction of sp³-hybridized carbons (Fsp3) is 0.222. The summed E-state index contributed by atoms with van der Waals surface area (Å²) in [4.78, 5) is 24.2. The molecule has 0 aromatic heterocycles. The predicted molar refractivity (Wildman–Crippen MR) is 88.1 cm³/mol. The van der Waals surface area contributed by atoms with E-state index in [1.807, 2.05) is 0 Å². The van der Waals surface area contributed by atoms with Crippen LogP contribution in [0.3, 0.4) is 0 Å². The Morgan fingerprint density at radius 2 is 1.83 bits per heavy atom. The van der Waals surface area contributed by atoms with Crippen molar-refractivity contribution in [1.29, 1.82) is 0 Å². The van der Waals surface area contributed by atoms with E-state index in [1.165, 1.54) is 20.3 Å². The van der Waals surface area contributed by atoms with Crippen LogP contribution in [0.2, 0.25) is 0 Å². The van der Waals surface area contributed by atoms with Gasteiger partial charge in [-0.3, -0.25) is 4.79 Å². The molecule has 2 aromatic carbocycles. The number of carbonyl (C=O) groups excluding carboxylic acids is 2. The maximum absolute atomic E-state index is 12.3. The van der Waals surface area contributed by atoms with Crippen molar-refractivity contribution < 1.29 is 24.2 Å². The molecule has 2 aromatic rings. The Labute approximate surface area is 140 Å². The third-order valence-electron chi connectivity index (χ3n) is 3.51. The molecule has 0 saturated carbocycles. The Morgan fingerprint density at radius 1 is 1.12 bits per heavy atom. The monoisotopic (exact) mass is 329 g/mol. The zero-order chi connectivity index (χ0) is 17.5. The number of hydrogen-bond acceptors (Lipinski definition) is 5. The summed E-state index contributed by atoms with van der Waals surface area (Å²) in [7, 11) is 2.70. The van der Waals surface area contributed by atoms with Gasteiger partial charge in [0.25, 0.3) is 5.91 Å². The van der Waals surface area contributed by atoms with E-state index in [1.54, 1.807) is 42.5 Å². The Balaban J connectivity index is 2.17. The highest BCUT2D eigenvalue weighted by molar-refractivity contribution is 5.96. The van der Waals surface area contributed by atoms with Crippen LogP contribution < -0.4 is 10.1 Å². The third-order valence-corrected chi connectivity index (χ3v) is 3.51. The van der Waals surface area contributed by atoms with E-state index >= 15 is 0 Å². The Bertz CT molecular complexity index is 715. The summed E-state index contributed by atoms with van der Waals surface area (Å²) in [5.41, 5.74) is 1.17. The Kier molecular flexibility index (Phi) is 5.78. The van der Waals surface area contributed by atoms with Gasteiger partial charge in [0.2, 0.25) is 0 Å². The number of aromatic hydroxyl groups is 1. The van der Waals surface area contributed by atoms with Crippen LogP contribution in [-0.4, -0.2) is 37.2 Å². The zero-order valence-corrected chi connectivity index (χ0v) is 13.5. The number of carbonyl (C=O) groups is 2. The van der Waals surface area contributed by atoms with Gasteiger partial charge in [0.15, 0.2) is 11.5 Å². The van der Waals surface area contributed by atoms with Gasteiger partial charge >= 0.3 is 5.97 Å². The average molecular weight is 329 g/mol. The van der Waals surface area contributed by atoms with Crippen LogP contribution in [-0.2, 0) is 16.0 Å². The highest BCUT2D eigenvalue weighted by Gasteiger charge is 2.23. The van der Waals surface area contributed by atoms with Gasteiger partial charge in [0, 0.05) is 12.0 Å². The molecule has 0 aliphatic rings. The molecule has 0 bridgehead atoms. The van der Waals surface area contributed by atoms with Crippen LogP contribution in [0, 0.1) is 0 Å². The first-order valence-electron chi connectivity index (χ1n) is 7.34. The number of rotatable bonds is 6. The first-order valence-corrected chi connectivity index (χ1v) is 7.34. The molecule has 0 fully saturated rings. The zero-order valence-electron chi connectivity index (χ0n) is 13.5. The topological polar surface area (TPSA) is 84.9 Å². The van der Waals surface area contributed by atoms with Crippen LogP contribution >= 0.6 is 0 Å². The number of phenols is 1. The van der Waals surface area contributed by atoms with E-state index in [0.29, 0.717) is 16.9 Å². The van der Waals surface area contributed by atoms with Gasteiger partial charge in [0.1, 0.15) is 6.04 Å². The molecule has 0 heterocycles. The summed E-state index contributed by atoms with van der Waals surface area (Å²) >= 11 is 0. The minimum absolute atomic E-state index is 0.00388. The number of ether oxygens (including phenoxy) is 2. The second-order valence-electron chi connectivity index (χ2n) is 5.13. The van der Waals surface area contributed by atoms with Crippen molar-refractivity contribution in [1.82, 2.24) is 5.32 Å².